The van der Waals surface area contributed by atoms with E-state index in [1.54, 1.807) is 0 Å². The van der Waals surface area contributed by atoms with Crippen molar-refractivity contribution in [2.24, 2.45) is 0 Å². The summed E-state index contributed by atoms with van der Waals surface area (Å²) >= 11 is 5.94. The number of aryl methyl sites for hydroxylation is 1. The van der Waals surface area contributed by atoms with Gasteiger partial charge in [-0.2, -0.15) is 4.31 Å². The molecule has 6 heteroatoms. The summed E-state index contributed by atoms with van der Waals surface area (Å²) in [5.74, 6) is 0. The first-order valence-corrected chi connectivity index (χ1v) is 7.85. The molecule has 106 valence electrons. The lowest BCUT2D eigenvalue weighted by atomic mass is 10.1. The van der Waals surface area contributed by atoms with Crippen molar-refractivity contribution < 1.29 is 8.42 Å². The fourth-order valence-electron chi connectivity index (χ4n) is 1.83. The van der Waals surface area contributed by atoms with Gasteiger partial charge in [0.1, 0.15) is 4.90 Å². The number of halogens is 1. The van der Waals surface area contributed by atoms with Crippen LogP contribution in [0, 0.1) is 6.92 Å². The van der Waals surface area contributed by atoms with Gasteiger partial charge in [0, 0.05) is 26.0 Å². The lowest BCUT2D eigenvalue weighted by molar-refractivity contribution is 0.465. The minimum Gasteiger partial charge on any atom is -0.263 e. The van der Waals surface area contributed by atoms with E-state index in [1.165, 1.54) is 29.8 Å². The van der Waals surface area contributed by atoms with E-state index in [0.717, 1.165) is 11.1 Å². The highest BCUT2D eigenvalue weighted by molar-refractivity contribution is 7.89. The van der Waals surface area contributed by atoms with Gasteiger partial charge in [-0.3, -0.25) is 4.98 Å². The molecule has 0 N–H and O–H groups in total. The topological polar surface area (TPSA) is 50.3 Å². The van der Waals surface area contributed by atoms with E-state index in [0.29, 0.717) is 6.54 Å². The highest BCUT2D eigenvalue weighted by atomic mass is 35.5. The van der Waals surface area contributed by atoms with Crippen molar-refractivity contribution in [2.45, 2.75) is 18.4 Å². The predicted molar refractivity (Wildman–Crippen MR) is 79.1 cm³/mol. The molecule has 0 saturated heterocycles. The van der Waals surface area contributed by atoms with Crippen LogP contribution in [0.25, 0.3) is 0 Å². The van der Waals surface area contributed by atoms with Crippen molar-refractivity contribution >= 4 is 21.6 Å². The Labute approximate surface area is 124 Å². The van der Waals surface area contributed by atoms with E-state index < -0.39 is 10.0 Å². The Hall–Kier alpha value is -1.43. The van der Waals surface area contributed by atoms with E-state index in [9.17, 15) is 8.42 Å². The molecule has 0 bridgehead atoms. The monoisotopic (exact) mass is 310 g/mol. The molecule has 1 aromatic heterocycles. The minimum absolute atomic E-state index is 0.0257. The van der Waals surface area contributed by atoms with E-state index in [-0.39, 0.29) is 9.92 Å². The average Bonchev–Trinajstić information content (AvgIpc) is 2.41. The SMILES string of the molecule is Cc1ccccc1CN(C)S(=O)(=O)c1cnccc1Cl. The molecule has 0 aliphatic carbocycles. The van der Waals surface area contributed by atoms with Gasteiger partial charge in [0.2, 0.25) is 10.0 Å². The summed E-state index contributed by atoms with van der Waals surface area (Å²) in [4.78, 5) is 3.85. The van der Waals surface area contributed by atoms with Crippen LogP contribution in [-0.4, -0.2) is 24.8 Å². The number of aromatic nitrogens is 1. The van der Waals surface area contributed by atoms with Crippen LogP contribution in [0.5, 0.6) is 0 Å². The summed E-state index contributed by atoms with van der Waals surface area (Å²) in [5, 5.41) is 0.177. The fraction of sp³-hybridized carbons (Fsp3) is 0.214. The first kappa shape index (κ1) is 15.0. The van der Waals surface area contributed by atoms with Gasteiger partial charge in [0.15, 0.2) is 0 Å². The smallest absolute Gasteiger partial charge is 0.246 e. The fourth-order valence-corrected chi connectivity index (χ4v) is 3.38. The Morgan fingerprint density at radius 2 is 1.95 bits per heavy atom. The standard InChI is InChI=1S/C14H15ClN2O2S/c1-11-5-3-4-6-12(11)10-17(2)20(18,19)14-9-16-8-7-13(14)15/h3-9H,10H2,1-2H3. The molecule has 2 rings (SSSR count). The van der Waals surface area contributed by atoms with Crippen LogP contribution in [-0.2, 0) is 16.6 Å². The van der Waals surface area contributed by atoms with Crippen molar-refractivity contribution in [3.8, 4) is 0 Å². The quantitative estimate of drug-likeness (QED) is 0.872. The predicted octanol–water partition coefficient (Wildman–Crippen LogP) is 2.86. The van der Waals surface area contributed by atoms with Crippen molar-refractivity contribution in [3.05, 3.63) is 58.9 Å². The Bertz CT molecular complexity index is 717. The Morgan fingerprint density at radius 1 is 1.25 bits per heavy atom. The van der Waals surface area contributed by atoms with Crippen molar-refractivity contribution in [3.63, 3.8) is 0 Å². The summed E-state index contributed by atoms with van der Waals surface area (Å²) in [6.07, 6.45) is 2.73. The molecule has 1 aromatic carbocycles. The second kappa shape index (κ2) is 5.91. The van der Waals surface area contributed by atoms with Gasteiger partial charge in [-0.1, -0.05) is 35.9 Å². The first-order chi connectivity index (χ1) is 9.43. The third-order valence-corrected chi connectivity index (χ3v) is 5.35. The highest BCUT2D eigenvalue weighted by Gasteiger charge is 2.24. The van der Waals surface area contributed by atoms with Crippen LogP contribution >= 0.6 is 11.6 Å². The molecule has 0 unspecified atom stereocenters. The largest absolute Gasteiger partial charge is 0.263 e. The maximum atomic E-state index is 12.5. The Kier molecular flexibility index (Phi) is 4.42. The van der Waals surface area contributed by atoms with Crippen LogP contribution in [0.3, 0.4) is 0 Å². The molecule has 0 amide bonds. The summed E-state index contributed by atoms with van der Waals surface area (Å²) < 4.78 is 26.2. The molecule has 0 atom stereocenters. The Balaban J connectivity index is 2.31. The number of sulfonamides is 1. The number of rotatable bonds is 4. The molecule has 0 radical (unpaired) electrons. The third-order valence-electron chi connectivity index (χ3n) is 3.08. The van der Waals surface area contributed by atoms with E-state index in [2.05, 4.69) is 4.98 Å². The van der Waals surface area contributed by atoms with Crippen LogP contribution in [0.2, 0.25) is 5.02 Å². The zero-order valence-corrected chi connectivity index (χ0v) is 12.8. The van der Waals surface area contributed by atoms with E-state index in [1.807, 2.05) is 31.2 Å². The van der Waals surface area contributed by atoms with Gasteiger partial charge >= 0.3 is 0 Å². The van der Waals surface area contributed by atoms with Gasteiger partial charge in [-0.15, -0.1) is 0 Å². The maximum Gasteiger partial charge on any atom is 0.246 e. The first-order valence-electron chi connectivity index (χ1n) is 6.03. The van der Waals surface area contributed by atoms with Crippen LogP contribution in [0.1, 0.15) is 11.1 Å². The van der Waals surface area contributed by atoms with Crippen LogP contribution in [0.4, 0.5) is 0 Å². The molecular formula is C14H15ClN2O2S. The zero-order valence-electron chi connectivity index (χ0n) is 11.2. The molecule has 0 aliphatic heterocycles. The van der Waals surface area contributed by atoms with Crippen LogP contribution < -0.4 is 0 Å². The van der Waals surface area contributed by atoms with Gasteiger partial charge in [-0.05, 0) is 24.1 Å². The number of hydrogen-bond donors (Lipinski definition) is 0. The van der Waals surface area contributed by atoms with Gasteiger partial charge in [0.05, 0.1) is 5.02 Å². The van der Waals surface area contributed by atoms with E-state index >= 15 is 0 Å². The summed E-state index contributed by atoms with van der Waals surface area (Å²) in [5.41, 5.74) is 2.01. The molecule has 2 aromatic rings. The molecule has 20 heavy (non-hydrogen) atoms. The summed E-state index contributed by atoms with van der Waals surface area (Å²) in [7, 11) is -2.11. The van der Waals surface area contributed by atoms with Crippen molar-refractivity contribution in [2.75, 3.05) is 7.05 Å². The lowest BCUT2D eigenvalue weighted by Gasteiger charge is -2.18. The molecule has 0 spiro atoms. The van der Waals surface area contributed by atoms with Gasteiger partial charge in [0.25, 0.3) is 0 Å². The van der Waals surface area contributed by atoms with Crippen LogP contribution in [0.15, 0.2) is 47.6 Å². The summed E-state index contributed by atoms with van der Waals surface area (Å²) in [6.45, 7) is 2.24. The second-order valence-corrected chi connectivity index (χ2v) is 6.91. The average molecular weight is 311 g/mol. The zero-order chi connectivity index (χ0) is 14.8. The van der Waals surface area contributed by atoms with Crippen molar-refractivity contribution in [1.29, 1.82) is 0 Å². The number of nitrogens with zero attached hydrogens (tertiary/aromatic N) is 2. The number of benzene rings is 1. The third kappa shape index (κ3) is 3.00. The number of hydrogen-bond acceptors (Lipinski definition) is 3. The molecule has 1 heterocycles. The second-order valence-electron chi connectivity index (χ2n) is 4.49. The van der Waals surface area contributed by atoms with Crippen molar-refractivity contribution in [1.82, 2.24) is 9.29 Å². The molecule has 0 saturated carbocycles. The minimum atomic E-state index is -3.65. The molecular weight excluding hydrogens is 296 g/mol. The summed E-state index contributed by atoms with van der Waals surface area (Å²) in [6, 6.07) is 9.14. The normalized spacial score (nSPS) is 11.8. The van der Waals surface area contributed by atoms with E-state index in [4.69, 9.17) is 11.6 Å². The molecule has 0 aliphatic rings. The number of pyridine rings is 1. The Morgan fingerprint density at radius 3 is 2.60 bits per heavy atom. The molecule has 4 nitrogen and oxygen atoms in total. The maximum absolute atomic E-state index is 12.5. The van der Waals surface area contributed by atoms with Gasteiger partial charge < -0.3 is 0 Å². The highest BCUT2D eigenvalue weighted by Crippen LogP contribution is 2.24. The van der Waals surface area contributed by atoms with Gasteiger partial charge in [-0.25, -0.2) is 8.42 Å². The lowest BCUT2D eigenvalue weighted by Crippen LogP contribution is -2.27. The molecule has 0 fully saturated rings.